The third-order valence-electron chi connectivity index (χ3n) is 6.25. The van der Waals surface area contributed by atoms with Gasteiger partial charge in [-0.3, -0.25) is 4.90 Å². The first-order chi connectivity index (χ1) is 16.9. The quantitative estimate of drug-likeness (QED) is 0.536. The highest BCUT2D eigenvalue weighted by atomic mass is 32.1. The van der Waals surface area contributed by atoms with Crippen molar-refractivity contribution >= 4 is 33.5 Å². The van der Waals surface area contributed by atoms with Crippen LogP contribution in [-0.2, 0) is 16.0 Å². The first kappa shape index (κ1) is 24.0. The molecule has 0 atom stereocenters. The van der Waals surface area contributed by atoms with Crippen molar-refractivity contribution in [3.8, 4) is 11.1 Å². The summed E-state index contributed by atoms with van der Waals surface area (Å²) in [5.74, 6) is 1.80. The number of nitrogens with zero attached hydrogens (tertiary/aromatic N) is 5. The van der Waals surface area contributed by atoms with Crippen LogP contribution in [0.15, 0.2) is 35.7 Å². The number of piperazine rings is 1. The minimum absolute atomic E-state index is 0.251. The average molecular weight is 496 g/mol. The van der Waals surface area contributed by atoms with Gasteiger partial charge in [0.15, 0.2) is 0 Å². The molecule has 0 spiro atoms. The third kappa shape index (κ3) is 5.58. The first-order valence-electron chi connectivity index (χ1n) is 12.2. The van der Waals surface area contributed by atoms with Crippen molar-refractivity contribution in [2.75, 3.05) is 57.4 Å². The van der Waals surface area contributed by atoms with Crippen LogP contribution in [0, 0.1) is 0 Å². The van der Waals surface area contributed by atoms with Gasteiger partial charge >= 0.3 is 6.09 Å². The number of carbonyl (C=O) groups is 1. The van der Waals surface area contributed by atoms with E-state index in [-0.39, 0.29) is 6.09 Å². The fourth-order valence-electron chi connectivity index (χ4n) is 4.48. The lowest BCUT2D eigenvalue weighted by atomic mass is 10.1. The molecule has 2 saturated heterocycles. The minimum atomic E-state index is -0.497. The smallest absolute Gasteiger partial charge is 0.410 e. The zero-order valence-electron chi connectivity index (χ0n) is 20.7. The highest BCUT2D eigenvalue weighted by molar-refractivity contribution is 7.17. The van der Waals surface area contributed by atoms with E-state index in [2.05, 4.69) is 39.4 Å². The second-order valence-electron chi connectivity index (χ2n) is 10.0. The number of hydrogen-bond acceptors (Lipinski definition) is 8. The van der Waals surface area contributed by atoms with Crippen LogP contribution in [0.25, 0.3) is 21.3 Å². The minimum Gasteiger partial charge on any atom is -0.444 e. The molecule has 186 valence electrons. The molecule has 0 unspecified atom stereocenters. The summed E-state index contributed by atoms with van der Waals surface area (Å²) in [5.41, 5.74) is 1.83. The van der Waals surface area contributed by atoms with Crippen LogP contribution in [0.2, 0.25) is 0 Å². The van der Waals surface area contributed by atoms with Gasteiger partial charge in [0.1, 0.15) is 22.1 Å². The average Bonchev–Trinajstić information content (AvgIpc) is 3.28. The number of amides is 1. The molecule has 2 aliphatic heterocycles. The van der Waals surface area contributed by atoms with E-state index in [1.54, 1.807) is 16.2 Å². The molecule has 8 nitrogen and oxygen atoms in total. The molecule has 2 fully saturated rings. The van der Waals surface area contributed by atoms with Crippen LogP contribution >= 0.6 is 11.3 Å². The molecule has 5 rings (SSSR count). The van der Waals surface area contributed by atoms with Crippen LogP contribution < -0.4 is 4.90 Å². The lowest BCUT2D eigenvalue weighted by Gasteiger charge is -2.36. The van der Waals surface area contributed by atoms with Crippen molar-refractivity contribution in [2.45, 2.75) is 32.9 Å². The van der Waals surface area contributed by atoms with Gasteiger partial charge in [0.2, 0.25) is 0 Å². The van der Waals surface area contributed by atoms with E-state index in [4.69, 9.17) is 19.4 Å². The Kier molecular flexibility index (Phi) is 6.91. The maximum atomic E-state index is 12.6. The Morgan fingerprint density at radius 3 is 2.43 bits per heavy atom. The van der Waals surface area contributed by atoms with E-state index in [1.807, 2.05) is 26.8 Å². The number of rotatable bonds is 4. The normalized spacial score (nSPS) is 17.7. The number of benzene rings is 1. The van der Waals surface area contributed by atoms with Gasteiger partial charge < -0.3 is 19.3 Å². The summed E-state index contributed by atoms with van der Waals surface area (Å²) in [6, 6.07) is 10.4. The highest BCUT2D eigenvalue weighted by Gasteiger charge is 2.28. The number of morpholine rings is 1. The van der Waals surface area contributed by atoms with E-state index in [0.717, 1.165) is 59.3 Å². The fourth-order valence-corrected chi connectivity index (χ4v) is 5.44. The molecule has 1 aromatic carbocycles. The molecule has 0 N–H and O–H groups in total. The van der Waals surface area contributed by atoms with Crippen LogP contribution in [0.5, 0.6) is 0 Å². The second kappa shape index (κ2) is 10.1. The van der Waals surface area contributed by atoms with E-state index < -0.39 is 5.60 Å². The molecular formula is C26H33N5O3S. The summed E-state index contributed by atoms with van der Waals surface area (Å²) >= 11 is 1.67. The number of carbonyl (C=O) groups excluding carboxylic acids is 1. The Morgan fingerprint density at radius 2 is 1.74 bits per heavy atom. The number of hydrogen-bond donors (Lipinski definition) is 0. The lowest BCUT2D eigenvalue weighted by molar-refractivity contribution is 0.0240. The predicted octanol–water partition coefficient (Wildman–Crippen LogP) is 4.25. The van der Waals surface area contributed by atoms with Crippen molar-refractivity contribution in [1.82, 2.24) is 19.8 Å². The van der Waals surface area contributed by atoms with E-state index in [1.165, 1.54) is 0 Å². The predicted molar refractivity (Wildman–Crippen MR) is 139 cm³/mol. The van der Waals surface area contributed by atoms with Gasteiger partial charge in [-0.2, -0.15) is 0 Å². The monoisotopic (exact) mass is 495 g/mol. The molecule has 0 radical (unpaired) electrons. The van der Waals surface area contributed by atoms with Crippen molar-refractivity contribution in [1.29, 1.82) is 0 Å². The highest BCUT2D eigenvalue weighted by Crippen LogP contribution is 2.38. The van der Waals surface area contributed by atoms with Gasteiger partial charge in [-0.05, 0) is 26.3 Å². The molecular weight excluding hydrogens is 462 g/mol. The molecule has 1 amide bonds. The number of anilines is 1. The van der Waals surface area contributed by atoms with Gasteiger partial charge in [-0.15, -0.1) is 11.3 Å². The van der Waals surface area contributed by atoms with Crippen LogP contribution in [0.3, 0.4) is 0 Å². The van der Waals surface area contributed by atoms with E-state index in [9.17, 15) is 4.79 Å². The maximum absolute atomic E-state index is 12.6. The summed E-state index contributed by atoms with van der Waals surface area (Å²) in [4.78, 5) is 30.1. The topological polar surface area (TPSA) is 71.0 Å². The van der Waals surface area contributed by atoms with Crippen LogP contribution in [-0.4, -0.2) is 83.9 Å². The van der Waals surface area contributed by atoms with Crippen LogP contribution in [0.1, 0.15) is 26.6 Å². The molecule has 4 heterocycles. The summed E-state index contributed by atoms with van der Waals surface area (Å²) in [6.45, 7) is 12.3. The summed E-state index contributed by atoms with van der Waals surface area (Å²) in [5, 5.41) is 3.28. The van der Waals surface area contributed by atoms with Crippen LogP contribution in [0.4, 0.5) is 10.6 Å². The zero-order chi connectivity index (χ0) is 24.4. The maximum Gasteiger partial charge on any atom is 0.410 e. The number of aromatic nitrogens is 2. The second-order valence-corrected chi connectivity index (χ2v) is 10.9. The largest absolute Gasteiger partial charge is 0.444 e. The number of thiophene rings is 1. The Bertz CT molecular complexity index is 1160. The van der Waals surface area contributed by atoms with Crippen molar-refractivity contribution < 1.29 is 14.3 Å². The van der Waals surface area contributed by atoms with E-state index in [0.29, 0.717) is 32.7 Å². The summed E-state index contributed by atoms with van der Waals surface area (Å²) in [7, 11) is 0. The SMILES string of the molecule is CC(C)(C)OC(=O)N1CCN(c2nc(CN3CCOCC3)nc3scc(-c4ccccc4)c23)CC1. The number of fused-ring (bicyclic) bond motifs is 1. The zero-order valence-corrected chi connectivity index (χ0v) is 21.5. The third-order valence-corrected chi connectivity index (χ3v) is 7.12. The fraction of sp³-hybridized carbons (Fsp3) is 0.500. The molecule has 0 aliphatic carbocycles. The standard InChI is InChI=1S/C26H33N5O3S/c1-26(2,3)34-25(32)31-11-9-30(10-12-31)23-22-20(19-7-5-4-6-8-19)18-35-24(22)28-21(27-23)17-29-13-15-33-16-14-29/h4-8,18H,9-17H2,1-3H3. The van der Waals surface area contributed by atoms with Gasteiger partial charge in [0.25, 0.3) is 0 Å². The van der Waals surface area contributed by atoms with Crippen molar-refractivity contribution in [3.63, 3.8) is 0 Å². The molecule has 9 heteroatoms. The Morgan fingerprint density at radius 1 is 1.03 bits per heavy atom. The molecule has 35 heavy (non-hydrogen) atoms. The Labute approximate surface area is 210 Å². The summed E-state index contributed by atoms with van der Waals surface area (Å²) in [6.07, 6.45) is -0.251. The van der Waals surface area contributed by atoms with E-state index >= 15 is 0 Å². The van der Waals surface area contributed by atoms with Crippen molar-refractivity contribution in [2.24, 2.45) is 0 Å². The van der Waals surface area contributed by atoms with Gasteiger partial charge in [-0.1, -0.05) is 30.3 Å². The summed E-state index contributed by atoms with van der Waals surface area (Å²) < 4.78 is 11.1. The van der Waals surface area contributed by atoms with Gasteiger partial charge in [0.05, 0.1) is 25.1 Å². The molecule has 0 bridgehead atoms. The lowest BCUT2D eigenvalue weighted by Crippen LogP contribution is -2.50. The number of ether oxygens (including phenoxy) is 2. The Hall–Kier alpha value is -2.75. The molecule has 2 aliphatic rings. The first-order valence-corrected chi connectivity index (χ1v) is 13.1. The van der Waals surface area contributed by atoms with Gasteiger partial charge in [-0.25, -0.2) is 14.8 Å². The van der Waals surface area contributed by atoms with Gasteiger partial charge in [0, 0.05) is 50.2 Å². The Balaban J connectivity index is 1.45. The molecule has 2 aromatic heterocycles. The molecule has 3 aromatic rings. The molecule has 0 saturated carbocycles. The van der Waals surface area contributed by atoms with Crippen molar-refractivity contribution in [3.05, 3.63) is 41.5 Å².